The van der Waals surface area contributed by atoms with Crippen LogP contribution in [0.15, 0.2) is 47.4 Å². The topological polar surface area (TPSA) is 94.2 Å². The number of fused-ring (bicyclic) bond motifs is 3. The smallest absolute Gasteiger partial charge is 0.344 e. The van der Waals surface area contributed by atoms with E-state index >= 15 is 0 Å². The predicted octanol–water partition coefficient (Wildman–Crippen LogP) is 2.81. The SMILES string of the molecule is COc1ccc(NC(=O)COC(=O)[C@]23CCC(=O)N2c2ccccc2S3)c(OC)c1. The van der Waals surface area contributed by atoms with Crippen LogP contribution in [0.5, 0.6) is 11.5 Å². The Bertz CT molecular complexity index is 1030. The number of hydrogen-bond donors (Lipinski definition) is 1. The van der Waals surface area contributed by atoms with Crippen molar-refractivity contribution in [2.75, 3.05) is 31.0 Å². The summed E-state index contributed by atoms with van der Waals surface area (Å²) in [5, 5.41) is 2.66. The van der Waals surface area contributed by atoms with Crippen molar-refractivity contribution in [3.05, 3.63) is 42.5 Å². The summed E-state index contributed by atoms with van der Waals surface area (Å²) in [5.41, 5.74) is 1.13. The number of thioether (sulfide) groups is 1. The van der Waals surface area contributed by atoms with Gasteiger partial charge in [0.25, 0.3) is 5.91 Å². The Morgan fingerprint density at radius 3 is 2.73 bits per heavy atom. The molecular weight excluding hydrogens is 408 g/mol. The highest BCUT2D eigenvalue weighted by Gasteiger charge is 2.58. The molecule has 1 saturated heterocycles. The first kappa shape index (κ1) is 20.1. The lowest BCUT2D eigenvalue weighted by molar-refractivity contribution is -0.149. The fraction of sp³-hybridized carbons (Fsp3) is 0.286. The first-order valence-corrected chi connectivity index (χ1v) is 10.1. The van der Waals surface area contributed by atoms with Crippen molar-refractivity contribution in [1.29, 1.82) is 0 Å². The van der Waals surface area contributed by atoms with Gasteiger partial charge in [0, 0.05) is 23.8 Å². The van der Waals surface area contributed by atoms with Gasteiger partial charge in [-0.15, -0.1) is 0 Å². The maximum atomic E-state index is 13.0. The van der Waals surface area contributed by atoms with E-state index in [1.54, 1.807) is 18.2 Å². The molecule has 0 saturated carbocycles. The monoisotopic (exact) mass is 428 g/mol. The van der Waals surface area contributed by atoms with E-state index in [2.05, 4.69) is 5.32 Å². The molecule has 9 heteroatoms. The molecular formula is C21H20N2O6S. The van der Waals surface area contributed by atoms with Gasteiger partial charge >= 0.3 is 5.97 Å². The Morgan fingerprint density at radius 2 is 1.97 bits per heavy atom. The molecule has 8 nitrogen and oxygen atoms in total. The van der Waals surface area contributed by atoms with Gasteiger partial charge in [-0.25, -0.2) is 4.79 Å². The second kappa shape index (κ2) is 7.91. The summed E-state index contributed by atoms with van der Waals surface area (Å²) < 4.78 is 15.7. The lowest BCUT2D eigenvalue weighted by Crippen LogP contribution is -2.48. The number of carbonyl (C=O) groups excluding carboxylic acids is 3. The van der Waals surface area contributed by atoms with Crippen molar-refractivity contribution < 1.29 is 28.6 Å². The number of esters is 1. The summed E-state index contributed by atoms with van der Waals surface area (Å²) in [6.45, 7) is -0.477. The van der Waals surface area contributed by atoms with Gasteiger partial charge in [-0.3, -0.25) is 14.5 Å². The Balaban J connectivity index is 1.44. The largest absolute Gasteiger partial charge is 0.497 e. The number of hydrogen-bond acceptors (Lipinski definition) is 7. The third kappa shape index (κ3) is 3.35. The number of nitrogens with zero attached hydrogens (tertiary/aromatic N) is 1. The lowest BCUT2D eigenvalue weighted by atomic mass is 10.2. The number of benzene rings is 2. The van der Waals surface area contributed by atoms with Crippen LogP contribution in [0.1, 0.15) is 12.8 Å². The van der Waals surface area contributed by atoms with Gasteiger partial charge in [-0.2, -0.15) is 0 Å². The molecule has 2 aromatic rings. The predicted molar refractivity (Wildman–Crippen MR) is 111 cm³/mol. The van der Waals surface area contributed by atoms with Crippen LogP contribution in [0, 0.1) is 0 Å². The zero-order chi connectivity index (χ0) is 21.3. The van der Waals surface area contributed by atoms with E-state index in [9.17, 15) is 14.4 Å². The molecule has 2 amide bonds. The van der Waals surface area contributed by atoms with E-state index in [0.717, 1.165) is 4.90 Å². The van der Waals surface area contributed by atoms with Crippen LogP contribution < -0.4 is 19.7 Å². The summed E-state index contributed by atoms with van der Waals surface area (Å²) in [6, 6.07) is 12.3. The second-order valence-corrected chi connectivity index (χ2v) is 8.09. The Morgan fingerprint density at radius 1 is 1.17 bits per heavy atom. The quantitative estimate of drug-likeness (QED) is 0.707. The molecule has 1 fully saturated rings. The lowest BCUT2D eigenvalue weighted by Gasteiger charge is -2.28. The molecule has 1 atom stereocenters. The molecule has 0 aromatic heterocycles. The second-order valence-electron chi connectivity index (χ2n) is 6.77. The van der Waals surface area contributed by atoms with E-state index in [-0.39, 0.29) is 12.3 Å². The fourth-order valence-electron chi connectivity index (χ4n) is 3.60. The normalized spacial score (nSPS) is 19.1. The van der Waals surface area contributed by atoms with Crippen molar-refractivity contribution in [2.45, 2.75) is 22.6 Å². The number of ether oxygens (including phenoxy) is 3. The van der Waals surface area contributed by atoms with Crippen LogP contribution in [-0.4, -0.2) is 43.5 Å². The molecule has 2 heterocycles. The van der Waals surface area contributed by atoms with Crippen molar-refractivity contribution in [2.24, 2.45) is 0 Å². The summed E-state index contributed by atoms with van der Waals surface area (Å²) in [5.74, 6) is -0.246. The fourth-order valence-corrected chi connectivity index (χ4v) is 5.02. The molecule has 0 bridgehead atoms. The molecule has 0 aliphatic carbocycles. The van der Waals surface area contributed by atoms with Crippen LogP contribution in [0.25, 0.3) is 0 Å². The van der Waals surface area contributed by atoms with Crippen molar-refractivity contribution >= 4 is 40.9 Å². The number of methoxy groups -OCH3 is 2. The number of amides is 2. The standard InChI is InChI=1S/C21H20N2O6S/c1-27-13-7-8-14(16(11-13)28-2)22-18(24)12-29-20(26)21-10-9-19(25)23(21)15-5-3-4-6-17(15)30-21/h3-8,11H,9-10,12H2,1-2H3,(H,22,24)/t21-/m1/s1. The van der Waals surface area contributed by atoms with Gasteiger partial charge in [0.15, 0.2) is 11.5 Å². The minimum atomic E-state index is -1.15. The van der Waals surface area contributed by atoms with Crippen LogP contribution in [0.4, 0.5) is 11.4 Å². The highest BCUT2D eigenvalue weighted by molar-refractivity contribution is 8.02. The third-order valence-corrected chi connectivity index (χ3v) is 6.47. The average Bonchev–Trinajstić information content (AvgIpc) is 3.28. The number of para-hydroxylation sites is 1. The van der Waals surface area contributed by atoms with Crippen LogP contribution >= 0.6 is 11.8 Å². The highest BCUT2D eigenvalue weighted by Crippen LogP contribution is 2.56. The van der Waals surface area contributed by atoms with E-state index in [0.29, 0.717) is 29.3 Å². The van der Waals surface area contributed by atoms with Gasteiger partial charge < -0.3 is 19.5 Å². The molecule has 4 rings (SSSR count). The van der Waals surface area contributed by atoms with Crippen LogP contribution in [-0.2, 0) is 19.1 Å². The van der Waals surface area contributed by atoms with Gasteiger partial charge in [0.1, 0.15) is 11.5 Å². The average molecular weight is 428 g/mol. The van der Waals surface area contributed by atoms with Gasteiger partial charge in [-0.1, -0.05) is 23.9 Å². The summed E-state index contributed by atoms with van der Waals surface area (Å²) in [6.07, 6.45) is 0.587. The zero-order valence-corrected chi connectivity index (χ0v) is 17.3. The maximum Gasteiger partial charge on any atom is 0.344 e. The van der Waals surface area contributed by atoms with Crippen molar-refractivity contribution in [3.8, 4) is 11.5 Å². The van der Waals surface area contributed by atoms with Gasteiger partial charge in [0.2, 0.25) is 5.91 Å². The molecule has 0 spiro atoms. The Labute approximate surface area is 177 Å². The number of carbonyl (C=O) groups is 3. The van der Waals surface area contributed by atoms with E-state index in [4.69, 9.17) is 14.2 Å². The van der Waals surface area contributed by atoms with Gasteiger partial charge in [-0.05, 0) is 24.3 Å². The van der Waals surface area contributed by atoms with Crippen molar-refractivity contribution in [3.63, 3.8) is 0 Å². The number of nitrogens with one attached hydrogen (secondary N) is 1. The Kier molecular flexibility index (Phi) is 5.29. The zero-order valence-electron chi connectivity index (χ0n) is 16.5. The van der Waals surface area contributed by atoms with Crippen LogP contribution in [0.3, 0.4) is 0 Å². The molecule has 30 heavy (non-hydrogen) atoms. The number of rotatable bonds is 6. The Hall–Kier alpha value is -3.20. The minimum absolute atomic E-state index is 0.128. The molecule has 1 N–H and O–H groups in total. The molecule has 0 unspecified atom stereocenters. The third-order valence-electron chi connectivity index (χ3n) is 5.01. The molecule has 2 aromatic carbocycles. The first-order valence-electron chi connectivity index (χ1n) is 9.29. The van der Waals surface area contributed by atoms with E-state index < -0.39 is 23.4 Å². The molecule has 156 valence electrons. The summed E-state index contributed by atoms with van der Waals surface area (Å²) >= 11 is 1.30. The maximum absolute atomic E-state index is 13.0. The van der Waals surface area contributed by atoms with E-state index in [1.807, 2.05) is 24.3 Å². The highest BCUT2D eigenvalue weighted by atomic mass is 32.2. The first-order chi connectivity index (χ1) is 14.5. The summed E-state index contributed by atoms with van der Waals surface area (Å²) in [4.78, 5) is 39.0. The minimum Gasteiger partial charge on any atom is -0.497 e. The van der Waals surface area contributed by atoms with Crippen LogP contribution in [0.2, 0.25) is 0 Å². The number of anilines is 2. The molecule has 2 aliphatic heterocycles. The van der Waals surface area contributed by atoms with Gasteiger partial charge in [0.05, 0.1) is 25.6 Å². The summed E-state index contributed by atoms with van der Waals surface area (Å²) in [7, 11) is 3.01. The van der Waals surface area contributed by atoms with E-state index in [1.165, 1.54) is 30.9 Å². The van der Waals surface area contributed by atoms with Crippen molar-refractivity contribution in [1.82, 2.24) is 0 Å². The molecule has 2 aliphatic rings. The molecule has 0 radical (unpaired) electrons.